The van der Waals surface area contributed by atoms with Gasteiger partial charge in [-0.15, -0.1) is 0 Å². The molecule has 30 heavy (non-hydrogen) atoms. The summed E-state index contributed by atoms with van der Waals surface area (Å²) in [6.45, 7) is 8.09. The van der Waals surface area contributed by atoms with Gasteiger partial charge in [-0.3, -0.25) is 9.98 Å². The molecule has 2 saturated carbocycles. The van der Waals surface area contributed by atoms with Crippen LogP contribution in [0.4, 0.5) is 5.82 Å². The van der Waals surface area contributed by atoms with Gasteiger partial charge in [0.05, 0.1) is 24.1 Å². The first-order valence-corrected chi connectivity index (χ1v) is 11.9. The molecule has 6 rings (SSSR count). The molecule has 158 valence electrons. The number of nitrogens with one attached hydrogen (secondary N) is 1. The fraction of sp³-hybridized carbons (Fsp3) is 0.640. The maximum absolute atomic E-state index is 4.66. The molecule has 1 aromatic rings. The molecule has 5 heteroatoms. The first-order chi connectivity index (χ1) is 14.6. The second-order valence-corrected chi connectivity index (χ2v) is 10.4. The zero-order chi connectivity index (χ0) is 20.2. The first kappa shape index (κ1) is 18.7. The van der Waals surface area contributed by atoms with Crippen LogP contribution in [0.15, 0.2) is 35.6 Å². The molecular weight excluding hydrogens is 370 g/mol. The summed E-state index contributed by atoms with van der Waals surface area (Å²) < 4.78 is 0. The van der Waals surface area contributed by atoms with Crippen molar-refractivity contribution >= 4 is 17.1 Å². The van der Waals surface area contributed by atoms with E-state index in [1.54, 1.807) is 0 Å². The summed E-state index contributed by atoms with van der Waals surface area (Å²) in [7, 11) is 0. The zero-order valence-electron chi connectivity index (χ0n) is 18.2. The topological polar surface area (TPSA) is 53.4 Å². The van der Waals surface area contributed by atoms with Gasteiger partial charge >= 0.3 is 0 Å². The van der Waals surface area contributed by atoms with E-state index in [0.29, 0.717) is 6.04 Å². The van der Waals surface area contributed by atoms with Crippen molar-refractivity contribution in [1.82, 2.24) is 14.9 Å². The van der Waals surface area contributed by atoms with Crippen LogP contribution in [0.1, 0.15) is 45.2 Å². The Kier molecular flexibility index (Phi) is 4.56. The number of anilines is 1. The second kappa shape index (κ2) is 7.30. The van der Waals surface area contributed by atoms with Crippen LogP contribution < -0.4 is 5.32 Å². The van der Waals surface area contributed by atoms with Gasteiger partial charge in [-0.2, -0.15) is 0 Å². The van der Waals surface area contributed by atoms with Crippen molar-refractivity contribution in [3.05, 3.63) is 36.3 Å². The van der Waals surface area contributed by atoms with Crippen LogP contribution in [0.3, 0.4) is 0 Å². The molecule has 7 atom stereocenters. The van der Waals surface area contributed by atoms with Gasteiger partial charge in [0.15, 0.2) is 0 Å². The van der Waals surface area contributed by atoms with Gasteiger partial charge in [0.1, 0.15) is 5.82 Å². The molecule has 2 aliphatic heterocycles. The summed E-state index contributed by atoms with van der Waals surface area (Å²) in [6, 6.07) is 0.791. The van der Waals surface area contributed by atoms with Gasteiger partial charge < -0.3 is 10.2 Å². The summed E-state index contributed by atoms with van der Waals surface area (Å²) in [5.74, 6) is 5.32. The molecule has 1 N–H and O–H groups in total. The molecule has 3 aliphatic carbocycles. The van der Waals surface area contributed by atoms with Crippen LogP contribution in [0, 0.1) is 29.6 Å². The van der Waals surface area contributed by atoms with Crippen molar-refractivity contribution in [3.63, 3.8) is 0 Å². The number of aromatic nitrogens is 2. The van der Waals surface area contributed by atoms with Crippen molar-refractivity contribution in [2.45, 2.75) is 51.6 Å². The largest absolute Gasteiger partial charge is 0.366 e. The Bertz CT molecular complexity index is 887. The van der Waals surface area contributed by atoms with E-state index >= 15 is 0 Å². The van der Waals surface area contributed by atoms with E-state index in [1.807, 2.05) is 12.4 Å². The lowest BCUT2D eigenvalue weighted by atomic mass is 9.93. The molecule has 1 saturated heterocycles. The lowest BCUT2D eigenvalue weighted by Crippen LogP contribution is -2.31. The molecule has 3 fully saturated rings. The number of rotatable bonds is 5. The Balaban J connectivity index is 1.02. The fourth-order valence-electron chi connectivity index (χ4n) is 6.90. The monoisotopic (exact) mass is 403 g/mol. The van der Waals surface area contributed by atoms with E-state index < -0.39 is 0 Å². The van der Waals surface area contributed by atoms with Crippen LogP contribution in [-0.4, -0.2) is 52.3 Å². The normalized spacial score (nSPS) is 39.5. The summed E-state index contributed by atoms with van der Waals surface area (Å²) in [6.07, 6.45) is 16.3. The second-order valence-electron chi connectivity index (χ2n) is 10.4. The molecule has 0 aromatic carbocycles. The van der Waals surface area contributed by atoms with Crippen LogP contribution in [0.2, 0.25) is 0 Å². The molecule has 2 bridgehead atoms. The third-order valence-corrected chi connectivity index (χ3v) is 8.21. The SMILES string of the molecule is CC1=NC(C)C=C1c1cnc(N[C@H]2C[C@@H]3CN(CC4CC5C=CC4C5)C[C@@H]3C2)cn1. The molecule has 0 spiro atoms. The highest BCUT2D eigenvalue weighted by Crippen LogP contribution is 2.45. The number of allylic oxidation sites excluding steroid dienone is 3. The van der Waals surface area contributed by atoms with Gasteiger partial charge in [0.25, 0.3) is 0 Å². The minimum Gasteiger partial charge on any atom is -0.366 e. The third-order valence-electron chi connectivity index (χ3n) is 8.21. The maximum Gasteiger partial charge on any atom is 0.144 e. The van der Waals surface area contributed by atoms with E-state index in [9.17, 15) is 0 Å². The minimum atomic E-state index is 0.248. The fourth-order valence-corrected chi connectivity index (χ4v) is 6.90. The van der Waals surface area contributed by atoms with Crippen molar-refractivity contribution in [1.29, 1.82) is 0 Å². The first-order valence-electron chi connectivity index (χ1n) is 11.9. The van der Waals surface area contributed by atoms with Crippen LogP contribution >= 0.6 is 0 Å². The van der Waals surface area contributed by atoms with E-state index in [4.69, 9.17) is 0 Å². The van der Waals surface area contributed by atoms with Gasteiger partial charge in [-0.05, 0) is 75.2 Å². The highest BCUT2D eigenvalue weighted by molar-refractivity contribution is 6.23. The quantitative estimate of drug-likeness (QED) is 0.754. The smallest absolute Gasteiger partial charge is 0.144 e. The molecule has 1 aromatic heterocycles. The zero-order valence-corrected chi connectivity index (χ0v) is 18.2. The highest BCUT2D eigenvalue weighted by Gasteiger charge is 2.43. The average molecular weight is 404 g/mol. The maximum atomic E-state index is 4.66. The van der Waals surface area contributed by atoms with Gasteiger partial charge in [-0.1, -0.05) is 12.2 Å². The molecule has 3 heterocycles. The highest BCUT2D eigenvalue weighted by atomic mass is 15.2. The van der Waals surface area contributed by atoms with Crippen LogP contribution in [-0.2, 0) is 0 Å². The Hall–Kier alpha value is -2.01. The molecule has 4 unspecified atom stereocenters. The summed E-state index contributed by atoms with van der Waals surface area (Å²) in [5.41, 5.74) is 3.12. The number of hydrogen-bond donors (Lipinski definition) is 1. The van der Waals surface area contributed by atoms with Crippen molar-refractivity contribution in [2.24, 2.45) is 34.6 Å². The molecular formula is C25H33N5. The number of hydrogen-bond acceptors (Lipinski definition) is 5. The summed E-state index contributed by atoms with van der Waals surface area (Å²) in [4.78, 5) is 16.7. The van der Waals surface area contributed by atoms with Crippen LogP contribution in [0.5, 0.6) is 0 Å². The number of likely N-dealkylation sites (tertiary alicyclic amines) is 1. The Morgan fingerprint density at radius 1 is 1.03 bits per heavy atom. The van der Waals surface area contributed by atoms with E-state index in [0.717, 1.165) is 52.4 Å². The lowest BCUT2D eigenvalue weighted by Gasteiger charge is -2.26. The summed E-state index contributed by atoms with van der Waals surface area (Å²) in [5, 5.41) is 3.67. The Morgan fingerprint density at radius 2 is 1.87 bits per heavy atom. The molecule has 0 radical (unpaired) electrons. The molecule has 5 aliphatic rings. The van der Waals surface area contributed by atoms with Crippen molar-refractivity contribution < 1.29 is 0 Å². The minimum absolute atomic E-state index is 0.248. The number of fused-ring (bicyclic) bond motifs is 3. The molecule has 0 amide bonds. The third kappa shape index (κ3) is 3.41. The van der Waals surface area contributed by atoms with Crippen molar-refractivity contribution in [3.8, 4) is 0 Å². The van der Waals surface area contributed by atoms with Crippen molar-refractivity contribution in [2.75, 3.05) is 25.0 Å². The standard InChI is InChI=1S/C25H33N5/c1-15-5-23(16(2)28-15)24-10-27-25(11-26-24)29-22-8-20-13-30(14-21(20)9-22)12-19-7-17-3-4-18(19)6-17/h3-5,10-11,15,17-22H,6-9,12-14H2,1-2H3,(H,27,29)/t15?,17?,18?,19?,20-,21+,22+. The van der Waals surface area contributed by atoms with E-state index in [2.05, 4.69) is 57.3 Å². The average Bonchev–Trinajstić information content (AvgIpc) is 3.51. The predicted octanol–water partition coefficient (Wildman–Crippen LogP) is 4.06. The Labute approximate surface area is 179 Å². The van der Waals surface area contributed by atoms with Gasteiger partial charge in [0, 0.05) is 37.0 Å². The number of aliphatic imine (C=N–C) groups is 1. The van der Waals surface area contributed by atoms with Crippen LogP contribution in [0.25, 0.3) is 5.57 Å². The van der Waals surface area contributed by atoms with E-state index in [1.165, 1.54) is 45.3 Å². The lowest BCUT2D eigenvalue weighted by molar-refractivity contribution is 0.238. The van der Waals surface area contributed by atoms with E-state index in [-0.39, 0.29) is 6.04 Å². The molecule has 5 nitrogen and oxygen atoms in total. The number of nitrogens with zero attached hydrogens (tertiary/aromatic N) is 4. The van der Waals surface area contributed by atoms with Gasteiger partial charge in [0.2, 0.25) is 0 Å². The predicted molar refractivity (Wildman–Crippen MR) is 121 cm³/mol. The van der Waals surface area contributed by atoms with Gasteiger partial charge in [-0.25, -0.2) is 4.98 Å². The Morgan fingerprint density at radius 3 is 2.47 bits per heavy atom. The summed E-state index contributed by atoms with van der Waals surface area (Å²) >= 11 is 0.